The lowest BCUT2D eigenvalue weighted by Crippen LogP contribution is -2.22. The van der Waals surface area contributed by atoms with E-state index in [0.717, 1.165) is 17.7 Å². The molecular formula is C14H21N3O. The third kappa shape index (κ3) is 2.71. The van der Waals surface area contributed by atoms with Gasteiger partial charge in [-0.15, -0.1) is 0 Å². The number of amides is 1. The molecule has 0 aliphatic carbocycles. The number of nitrogens with two attached hydrogens (primary N) is 1. The second kappa shape index (κ2) is 5.50. The number of anilines is 1. The normalized spacial score (nSPS) is 17.2. The number of rotatable bonds is 5. The van der Waals surface area contributed by atoms with Crippen molar-refractivity contribution < 1.29 is 4.79 Å². The largest absolute Gasteiger partial charge is 0.330 e. The first-order chi connectivity index (χ1) is 8.63. The summed E-state index contributed by atoms with van der Waals surface area (Å²) in [5, 5.41) is 6.18. The second-order valence-electron chi connectivity index (χ2n) is 5.06. The number of carbonyl (C=O) groups excluding carboxylic acids is 1. The zero-order valence-electron chi connectivity index (χ0n) is 11.0. The van der Waals surface area contributed by atoms with Crippen molar-refractivity contribution in [3.8, 4) is 0 Å². The number of hydrogen-bond donors (Lipinski definition) is 3. The topological polar surface area (TPSA) is 67.1 Å². The van der Waals surface area contributed by atoms with Crippen LogP contribution in [-0.2, 0) is 11.2 Å². The molecule has 2 unspecified atom stereocenters. The molecule has 1 aromatic rings. The Morgan fingerprint density at radius 1 is 1.50 bits per heavy atom. The van der Waals surface area contributed by atoms with Gasteiger partial charge in [-0.2, -0.15) is 0 Å². The van der Waals surface area contributed by atoms with E-state index >= 15 is 0 Å². The predicted molar refractivity (Wildman–Crippen MR) is 73.4 cm³/mol. The van der Waals surface area contributed by atoms with Crippen LogP contribution in [0.1, 0.15) is 30.5 Å². The molecule has 18 heavy (non-hydrogen) atoms. The first kappa shape index (κ1) is 13.1. The van der Waals surface area contributed by atoms with Crippen molar-refractivity contribution in [2.75, 3.05) is 18.9 Å². The quantitative estimate of drug-likeness (QED) is 0.737. The van der Waals surface area contributed by atoms with Crippen molar-refractivity contribution in [3.63, 3.8) is 0 Å². The van der Waals surface area contributed by atoms with Gasteiger partial charge in [0.2, 0.25) is 5.91 Å². The van der Waals surface area contributed by atoms with Crippen LogP contribution in [0, 0.1) is 5.92 Å². The average Bonchev–Trinajstić information content (AvgIpc) is 2.74. The maximum atomic E-state index is 11.3. The summed E-state index contributed by atoms with van der Waals surface area (Å²) in [6.07, 6.45) is 1.50. The van der Waals surface area contributed by atoms with Gasteiger partial charge in [-0.3, -0.25) is 4.79 Å². The smallest absolute Gasteiger partial charge is 0.228 e. The third-order valence-electron chi connectivity index (χ3n) is 3.55. The van der Waals surface area contributed by atoms with E-state index in [2.05, 4.69) is 29.7 Å². The summed E-state index contributed by atoms with van der Waals surface area (Å²) >= 11 is 0. The van der Waals surface area contributed by atoms with Crippen molar-refractivity contribution in [1.82, 2.24) is 5.32 Å². The fraction of sp³-hybridized carbons (Fsp3) is 0.500. The Kier molecular flexibility index (Phi) is 3.99. The van der Waals surface area contributed by atoms with Crippen LogP contribution in [0.3, 0.4) is 0 Å². The van der Waals surface area contributed by atoms with Crippen LogP contribution in [0.25, 0.3) is 0 Å². The molecule has 0 bridgehead atoms. The first-order valence-corrected chi connectivity index (χ1v) is 6.44. The van der Waals surface area contributed by atoms with Crippen molar-refractivity contribution in [1.29, 1.82) is 0 Å². The lowest BCUT2D eigenvalue weighted by Gasteiger charge is -2.20. The molecule has 0 aromatic heterocycles. The SMILES string of the molecule is CNC(CC(C)CN)c1ccc2c(c1)CC(=O)N2. The number of fused-ring (bicyclic) bond motifs is 1. The minimum absolute atomic E-state index is 0.0819. The van der Waals surface area contributed by atoms with Gasteiger partial charge in [-0.1, -0.05) is 19.1 Å². The summed E-state index contributed by atoms with van der Waals surface area (Å²) in [7, 11) is 1.96. The number of carbonyl (C=O) groups is 1. The Hall–Kier alpha value is -1.39. The highest BCUT2D eigenvalue weighted by molar-refractivity contribution is 5.99. The molecule has 4 nitrogen and oxygen atoms in total. The Bertz CT molecular complexity index is 445. The summed E-state index contributed by atoms with van der Waals surface area (Å²) in [4.78, 5) is 11.3. The van der Waals surface area contributed by atoms with E-state index in [9.17, 15) is 4.79 Å². The molecule has 1 amide bonds. The Morgan fingerprint density at radius 2 is 2.28 bits per heavy atom. The number of hydrogen-bond acceptors (Lipinski definition) is 3. The van der Waals surface area contributed by atoms with E-state index in [1.807, 2.05) is 13.1 Å². The molecular weight excluding hydrogens is 226 g/mol. The lowest BCUT2D eigenvalue weighted by atomic mass is 9.94. The summed E-state index contributed by atoms with van der Waals surface area (Å²) < 4.78 is 0. The predicted octanol–water partition coefficient (Wildman–Crippen LogP) is 1.43. The second-order valence-corrected chi connectivity index (χ2v) is 5.06. The van der Waals surface area contributed by atoms with E-state index in [0.29, 0.717) is 24.9 Å². The van der Waals surface area contributed by atoms with Crippen LogP contribution in [-0.4, -0.2) is 19.5 Å². The van der Waals surface area contributed by atoms with Crippen LogP contribution >= 0.6 is 0 Å². The molecule has 1 heterocycles. The van der Waals surface area contributed by atoms with Gasteiger partial charge in [0.05, 0.1) is 6.42 Å². The summed E-state index contributed by atoms with van der Waals surface area (Å²) in [6.45, 7) is 2.85. The molecule has 98 valence electrons. The Labute approximate surface area is 108 Å². The van der Waals surface area contributed by atoms with E-state index in [4.69, 9.17) is 5.73 Å². The fourth-order valence-electron chi connectivity index (χ4n) is 2.39. The molecule has 4 N–H and O–H groups in total. The molecule has 0 saturated carbocycles. The van der Waals surface area contributed by atoms with E-state index in [1.165, 1.54) is 5.56 Å². The number of nitrogens with one attached hydrogen (secondary N) is 2. The Balaban J connectivity index is 2.17. The molecule has 0 radical (unpaired) electrons. The number of benzene rings is 1. The maximum Gasteiger partial charge on any atom is 0.228 e. The first-order valence-electron chi connectivity index (χ1n) is 6.44. The van der Waals surface area contributed by atoms with Crippen molar-refractivity contribution >= 4 is 11.6 Å². The third-order valence-corrected chi connectivity index (χ3v) is 3.55. The van der Waals surface area contributed by atoms with Gasteiger partial charge in [0.15, 0.2) is 0 Å². The fourth-order valence-corrected chi connectivity index (χ4v) is 2.39. The summed E-state index contributed by atoms with van der Waals surface area (Å²) in [6, 6.07) is 6.49. The van der Waals surface area contributed by atoms with Gasteiger partial charge in [-0.05, 0) is 43.1 Å². The molecule has 0 fully saturated rings. The van der Waals surface area contributed by atoms with Crippen LogP contribution in [0.5, 0.6) is 0 Å². The standard InChI is InChI=1S/C14H21N3O/c1-9(8-15)5-13(16-2)10-3-4-12-11(6-10)7-14(18)17-12/h3-4,6,9,13,16H,5,7-8,15H2,1-2H3,(H,17,18). The van der Waals surface area contributed by atoms with Gasteiger partial charge in [0, 0.05) is 11.7 Å². The zero-order chi connectivity index (χ0) is 13.1. The maximum absolute atomic E-state index is 11.3. The van der Waals surface area contributed by atoms with Crippen molar-refractivity contribution in [3.05, 3.63) is 29.3 Å². The van der Waals surface area contributed by atoms with Crippen LogP contribution < -0.4 is 16.4 Å². The van der Waals surface area contributed by atoms with Gasteiger partial charge in [0.1, 0.15) is 0 Å². The molecule has 1 aliphatic heterocycles. The highest BCUT2D eigenvalue weighted by Crippen LogP contribution is 2.28. The van der Waals surface area contributed by atoms with Crippen molar-refractivity contribution in [2.24, 2.45) is 11.7 Å². The lowest BCUT2D eigenvalue weighted by molar-refractivity contribution is -0.115. The highest BCUT2D eigenvalue weighted by Gasteiger charge is 2.20. The van der Waals surface area contributed by atoms with E-state index in [-0.39, 0.29) is 5.91 Å². The van der Waals surface area contributed by atoms with Crippen LogP contribution in [0.15, 0.2) is 18.2 Å². The molecule has 0 spiro atoms. The average molecular weight is 247 g/mol. The minimum atomic E-state index is 0.0819. The molecule has 1 aromatic carbocycles. The van der Waals surface area contributed by atoms with Gasteiger partial charge < -0.3 is 16.4 Å². The van der Waals surface area contributed by atoms with Gasteiger partial charge in [0.25, 0.3) is 0 Å². The zero-order valence-corrected chi connectivity index (χ0v) is 11.0. The van der Waals surface area contributed by atoms with Crippen LogP contribution in [0.4, 0.5) is 5.69 Å². The van der Waals surface area contributed by atoms with Gasteiger partial charge in [-0.25, -0.2) is 0 Å². The highest BCUT2D eigenvalue weighted by atomic mass is 16.1. The monoisotopic (exact) mass is 247 g/mol. The molecule has 4 heteroatoms. The van der Waals surface area contributed by atoms with Crippen molar-refractivity contribution in [2.45, 2.75) is 25.8 Å². The summed E-state index contributed by atoms with van der Waals surface area (Å²) in [5.74, 6) is 0.564. The van der Waals surface area contributed by atoms with E-state index < -0.39 is 0 Å². The Morgan fingerprint density at radius 3 is 2.94 bits per heavy atom. The molecule has 2 rings (SSSR count). The summed E-state index contributed by atoms with van der Waals surface area (Å²) in [5.41, 5.74) is 8.95. The molecule has 2 atom stereocenters. The van der Waals surface area contributed by atoms with E-state index in [1.54, 1.807) is 0 Å². The van der Waals surface area contributed by atoms with Gasteiger partial charge >= 0.3 is 0 Å². The molecule has 1 aliphatic rings. The minimum Gasteiger partial charge on any atom is -0.330 e. The molecule has 0 saturated heterocycles. The van der Waals surface area contributed by atoms with Crippen LogP contribution in [0.2, 0.25) is 0 Å².